The maximum Gasteiger partial charge on any atom is 0.339 e. The van der Waals surface area contributed by atoms with E-state index in [-0.39, 0.29) is 16.6 Å². The number of hydrogen-bond donors (Lipinski definition) is 0. The molecule has 0 unspecified atom stereocenters. The van der Waals surface area contributed by atoms with E-state index >= 15 is 0 Å². The fraction of sp³-hybridized carbons (Fsp3) is 0.0769. The third kappa shape index (κ3) is 4.52. The van der Waals surface area contributed by atoms with Gasteiger partial charge in [0.25, 0.3) is 0 Å². The Morgan fingerprint density at radius 3 is 1.81 bits per heavy atom. The summed E-state index contributed by atoms with van der Waals surface area (Å²) in [5, 5.41) is 0. The lowest BCUT2D eigenvalue weighted by molar-refractivity contribution is 0.460. The molecule has 0 N–H and O–H groups in total. The zero-order valence-corrected chi connectivity index (χ0v) is 17.7. The summed E-state index contributed by atoms with van der Waals surface area (Å²) in [6.45, 7) is 1.67. The van der Waals surface area contributed by atoms with Gasteiger partial charge in [0.15, 0.2) is 11.6 Å². The molecule has 0 saturated carbocycles. The van der Waals surface area contributed by atoms with Crippen molar-refractivity contribution < 1.29 is 17.0 Å². The summed E-state index contributed by atoms with van der Waals surface area (Å²) in [7, 11) is -4.14. The van der Waals surface area contributed by atoms with Gasteiger partial charge in [-0.05, 0) is 47.4 Å². The van der Waals surface area contributed by atoms with Crippen molar-refractivity contribution >= 4 is 10.1 Å². The third-order valence-electron chi connectivity index (χ3n) is 5.12. The highest BCUT2D eigenvalue weighted by molar-refractivity contribution is 7.87. The first-order valence-corrected chi connectivity index (χ1v) is 11.3. The lowest BCUT2D eigenvalue weighted by atomic mass is 9.85. The van der Waals surface area contributed by atoms with Crippen molar-refractivity contribution in [1.82, 2.24) is 0 Å². The van der Waals surface area contributed by atoms with E-state index in [4.69, 9.17) is 4.18 Å². The Labute approximate surface area is 181 Å². The van der Waals surface area contributed by atoms with Gasteiger partial charge in [-0.15, -0.1) is 0 Å². The molecule has 31 heavy (non-hydrogen) atoms. The van der Waals surface area contributed by atoms with Crippen molar-refractivity contribution in [2.24, 2.45) is 0 Å². The van der Waals surface area contributed by atoms with E-state index in [9.17, 15) is 12.8 Å². The zero-order valence-electron chi connectivity index (χ0n) is 16.9. The molecule has 0 aliphatic carbocycles. The Bertz CT molecular complexity index is 1250. The van der Waals surface area contributed by atoms with E-state index in [0.717, 1.165) is 11.1 Å². The SMILES string of the molecule is Cc1ccccc1S(=O)(=O)Oc1ccc(C(c2ccccc2)c2ccccc2)cc1F. The van der Waals surface area contributed by atoms with Crippen LogP contribution in [0, 0.1) is 12.7 Å². The lowest BCUT2D eigenvalue weighted by Crippen LogP contribution is -2.12. The summed E-state index contributed by atoms with van der Waals surface area (Å²) in [5.41, 5.74) is 3.26. The van der Waals surface area contributed by atoms with Crippen LogP contribution in [0.25, 0.3) is 0 Å². The molecule has 5 heteroatoms. The minimum atomic E-state index is -4.14. The number of aryl methyl sites for hydroxylation is 1. The normalized spacial score (nSPS) is 11.5. The van der Waals surface area contributed by atoms with Gasteiger partial charge in [0, 0.05) is 5.92 Å². The van der Waals surface area contributed by atoms with Crippen molar-refractivity contribution in [1.29, 1.82) is 0 Å². The molecule has 0 heterocycles. The third-order valence-corrected chi connectivity index (χ3v) is 6.51. The van der Waals surface area contributed by atoms with E-state index in [2.05, 4.69) is 0 Å². The van der Waals surface area contributed by atoms with Gasteiger partial charge in [0.1, 0.15) is 4.90 Å². The quantitative estimate of drug-likeness (QED) is 0.274. The molecule has 0 aromatic heterocycles. The topological polar surface area (TPSA) is 43.4 Å². The molecule has 3 nitrogen and oxygen atoms in total. The zero-order chi connectivity index (χ0) is 21.8. The highest BCUT2D eigenvalue weighted by Gasteiger charge is 2.23. The Morgan fingerprint density at radius 2 is 1.26 bits per heavy atom. The summed E-state index contributed by atoms with van der Waals surface area (Å²) >= 11 is 0. The van der Waals surface area contributed by atoms with Gasteiger partial charge in [0.05, 0.1) is 0 Å². The minimum absolute atomic E-state index is 0.0184. The molecule has 0 spiro atoms. The first-order valence-electron chi connectivity index (χ1n) is 9.85. The maximum absolute atomic E-state index is 15.0. The molecule has 4 aromatic carbocycles. The van der Waals surface area contributed by atoms with Gasteiger partial charge in [-0.25, -0.2) is 4.39 Å². The Morgan fingerprint density at radius 1 is 0.710 bits per heavy atom. The van der Waals surface area contributed by atoms with Crippen molar-refractivity contribution in [3.63, 3.8) is 0 Å². The van der Waals surface area contributed by atoms with Crippen LogP contribution in [-0.4, -0.2) is 8.42 Å². The number of benzene rings is 4. The van der Waals surface area contributed by atoms with Gasteiger partial charge in [-0.1, -0.05) is 84.9 Å². The molecular formula is C26H21FO3S. The van der Waals surface area contributed by atoms with E-state index in [1.807, 2.05) is 60.7 Å². The van der Waals surface area contributed by atoms with Crippen LogP contribution in [0.3, 0.4) is 0 Å². The predicted molar refractivity (Wildman–Crippen MR) is 119 cm³/mol. The van der Waals surface area contributed by atoms with Crippen molar-refractivity contribution in [3.05, 3.63) is 131 Å². The molecule has 0 radical (unpaired) electrons. The second-order valence-electron chi connectivity index (χ2n) is 7.25. The largest absolute Gasteiger partial charge is 0.376 e. The van der Waals surface area contributed by atoms with E-state index in [0.29, 0.717) is 11.1 Å². The van der Waals surface area contributed by atoms with Crippen LogP contribution in [0.5, 0.6) is 5.75 Å². The highest BCUT2D eigenvalue weighted by Crippen LogP contribution is 2.34. The molecule has 4 aromatic rings. The summed E-state index contributed by atoms with van der Waals surface area (Å²) in [5.74, 6) is -1.25. The second kappa shape index (κ2) is 8.74. The number of rotatable bonds is 6. The summed E-state index contributed by atoms with van der Waals surface area (Å²) in [6.07, 6.45) is 0. The van der Waals surface area contributed by atoms with E-state index in [1.54, 1.807) is 31.2 Å². The van der Waals surface area contributed by atoms with Crippen LogP contribution in [0.15, 0.2) is 108 Å². The van der Waals surface area contributed by atoms with Crippen LogP contribution in [0.4, 0.5) is 4.39 Å². The van der Waals surface area contributed by atoms with E-state index in [1.165, 1.54) is 18.2 Å². The smallest absolute Gasteiger partial charge is 0.339 e. The molecule has 0 aliphatic rings. The van der Waals surface area contributed by atoms with Crippen molar-refractivity contribution in [2.45, 2.75) is 17.7 Å². The van der Waals surface area contributed by atoms with Gasteiger partial charge in [-0.2, -0.15) is 8.42 Å². The van der Waals surface area contributed by atoms with Crippen molar-refractivity contribution in [2.75, 3.05) is 0 Å². The first kappa shape index (κ1) is 20.8. The Hall–Kier alpha value is -3.44. The Balaban J connectivity index is 1.71. The summed E-state index contributed by atoms with van der Waals surface area (Å²) < 4.78 is 45.4. The standard InChI is InChI=1S/C26H21FO3S/c1-19-10-8-9-15-25(19)31(28,29)30-24-17-16-22(18-23(24)27)26(20-11-4-2-5-12-20)21-13-6-3-7-14-21/h2-18,26H,1H3. The van der Waals surface area contributed by atoms with Gasteiger partial charge >= 0.3 is 10.1 Å². The van der Waals surface area contributed by atoms with Crippen LogP contribution in [0.2, 0.25) is 0 Å². The second-order valence-corrected chi connectivity index (χ2v) is 8.76. The summed E-state index contributed by atoms with van der Waals surface area (Å²) in [6, 6.07) is 30.4. The molecule has 0 aliphatic heterocycles. The van der Waals surface area contributed by atoms with Gasteiger partial charge in [-0.3, -0.25) is 0 Å². The minimum Gasteiger partial charge on any atom is -0.376 e. The van der Waals surface area contributed by atoms with Crippen LogP contribution in [0.1, 0.15) is 28.2 Å². The molecular weight excluding hydrogens is 411 g/mol. The van der Waals surface area contributed by atoms with Crippen LogP contribution < -0.4 is 4.18 Å². The predicted octanol–water partition coefficient (Wildman–Crippen LogP) is 6.08. The molecule has 0 bridgehead atoms. The van der Waals surface area contributed by atoms with Crippen LogP contribution in [-0.2, 0) is 10.1 Å². The van der Waals surface area contributed by atoms with Gasteiger partial charge in [0.2, 0.25) is 0 Å². The number of hydrogen-bond acceptors (Lipinski definition) is 3. The first-order chi connectivity index (χ1) is 15.0. The molecule has 156 valence electrons. The number of halogens is 1. The fourth-order valence-corrected chi connectivity index (χ4v) is 4.80. The van der Waals surface area contributed by atoms with E-state index < -0.39 is 15.9 Å². The average molecular weight is 433 g/mol. The molecule has 0 saturated heterocycles. The molecule has 4 rings (SSSR count). The van der Waals surface area contributed by atoms with Gasteiger partial charge < -0.3 is 4.18 Å². The fourth-order valence-electron chi connectivity index (χ4n) is 3.63. The molecule has 0 atom stereocenters. The average Bonchev–Trinajstić information content (AvgIpc) is 2.77. The monoisotopic (exact) mass is 432 g/mol. The highest BCUT2D eigenvalue weighted by atomic mass is 32.2. The van der Waals surface area contributed by atoms with Crippen LogP contribution >= 0.6 is 0 Å². The lowest BCUT2D eigenvalue weighted by Gasteiger charge is -2.19. The molecule has 0 amide bonds. The molecule has 0 fully saturated rings. The summed E-state index contributed by atoms with van der Waals surface area (Å²) in [4.78, 5) is 0.0184. The van der Waals surface area contributed by atoms with Crippen molar-refractivity contribution in [3.8, 4) is 5.75 Å². The maximum atomic E-state index is 15.0. The Kier molecular flexibility index (Phi) is 5.87.